The maximum atomic E-state index is 11.9. The van der Waals surface area contributed by atoms with Gasteiger partial charge in [-0.3, -0.25) is 0 Å². The molecule has 5 heteroatoms. The van der Waals surface area contributed by atoms with E-state index in [9.17, 15) is 9.59 Å². The molecule has 5 nitrogen and oxygen atoms in total. The van der Waals surface area contributed by atoms with Crippen LogP contribution in [0.3, 0.4) is 0 Å². The molecule has 0 aliphatic carbocycles. The molecule has 1 unspecified atom stereocenters. The Kier molecular flexibility index (Phi) is 3.81. The summed E-state index contributed by atoms with van der Waals surface area (Å²) in [5.41, 5.74) is -1.06. The third kappa shape index (κ3) is 4.34. The minimum absolute atomic E-state index is 0.252. The topological polar surface area (TPSA) is 55.8 Å². The van der Waals surface area contributed by atoms with Crippen LogP contribution in [0.25, 0.3) is 0 Å². The van der Waals surface area contributed by atoms with Gasteiger partial charge in [-0.25, -0.2) is 4.79 Å². The van der Waals surface area contributed by atoms with Crippen molar-refractivity contribution in [1.29, 1.82) is 0 Å². The van der Waals surface area contributed by atoms with Gasteiger partial charge in [0.2, 0.25) is 0 Å². The first-order chi connectivity index (χ1) is 7.63. The molecule has 0 N–H and O–H groups in total. The zero-order valence-electron chi connectivity index (χ0n) is 11.1. The molecule has 1 amide bonds. The summed E-state index contributed by atoms with van der Waals surface area (Å²) in [5.74, 6) is 0. The average Bonchev–Trinajstić information content (AvgIpc) is 2.12. The second-order valence-electron chi connectivity index (χ2n) is 5.91. The van der Waals surface area contributed by atoms with Crippen molar-refractivity contribution in [3.8, 4) is 0 Å². The quantitative estimate of drug-likeness (QED) is 0.656. The van der Waals surface area contributed by atoms with E-state index in [1.807, 2.05) is 34.6 Å². The van der Waals surface area contributed by atoms with E-state index in [0.717, 1.165) is 6.29 Å². The fourth-order valence-electron chi connectivity index (χ4n) is 1.76. The lowest BCUT2D eigenvalue weighted by Crippen LogP contribution is -2.55. The minimum atomic E-state index is -0.578. The fraction of sp³-hybridized carbons (Fsp3) is 0.833. The van der Waals surface area contributed by atoms with Gasteiger partial charge < -0.3 is 19.2 Å². The van der Waals surface area contributed by atoms with Gasteiger partial charge in [-0.1, -0.05) is 0 Å². The Morgan fingerprint density at radius 3 is 2.53 bits per heavy atom. The standard InChI is InChI=1S/C12H21NO4/c1-11(2,3)17-10(15)13-6-9(7-14)16-12(4,5)8-13/h7,9H,6,8H2,1-5H3. The van der Waals surface area contributed by atoms with E-state index in [-0.39, 0.29) is 6.54 Å². The highest BCUT2D eigenvalue weighted by molar-refractivity contribution is 5.69. The van der Waals surface area contributed by atoms with Crippen LogP contribution in [-0.2, 0) is 14.3 Å². The number of carbonyl (C=O) groups is 2. The maximum absolute atomic E-state index is 11.9. The molecule has 1 heterocycles. The van der Waals surface area contributed by atoms with Crippen LogP contribution in [0.4, 0.5) is 4.79 Å². The second kappa shape index (κ2) is 4.64. The van der Waals surface area contributed by atoms with E-state index in [2.05, 4.69) is 0 Å². The molecule has 0 spiro atoms. The summed E-state index contributed by atoms with van der Waals surface area (Å²) >= 11 is 0. The van der Waals surface area contributed by atoms with Gasteiger partial charge in [-0.2, -0.15) is 0 Å². The van der Waals surface area contributed by atoms with Crippen LogP contribution in [-0.4, -0.2) is 47.7 Å². The SMILES string of the molecule is CC(C)(C)OC(=O)N1CC(C=O)OC(C)(C)C1. The number of hydrogen-bond acceptors (Lipinski definition) is 4. The van der Waals surface area contributed by atoms with Gasteiger partial charge in [0, 0.05) is 0 Å². The Labute approximate surface area is 102 Å². The molecule has 17 heavy (non-hydrogen) atoms. The number of hydrogen-bond donors (Lipinski definition) is 0. The maximum Gasteiger partial charge on any atom is 0.410 e. The highest BCUT2D eigenvalue weighted by atomic mass is 16.6. The molecule has 0 radical (unpaired) electrons. The van der Waals surface area contributed by atoms with Crippen LogP contribution in [0.1, 0.15) is 34.6 Å². The molecule has 1 aliphatic heterocycles. The molecule has 0 aromatic heterocycles. The predicted molar refractivity (Wildman–Crippen MR) is 62.8 cm³/mol. The molecule has 1 atom stereocenters. The Balaban J connectivity index is 2.70. The lowest BCUT2D eigenvalue weighted by atomic mass is 10.1. The Morgan fingerprint density at radius 2 is 2.06 bits per heavy atom. The third-order valence-electron chi connectivity index (χ3n) is 2.25. The Morgan fingerprint density at radius 1 is 1.47 bits per heavy atom. The molecule has 1 aliphatic rings. The molecule has 98 valence electrons. The highest BCUT2D eigenvalue weighted by Gasteiger charge is 2.37. The largest absolute Gasteiger partial charge is 0.444 e. The average molecular weight is 243 g/mol. The van der Waals surface area contributed by atoms with E-state index < -0.39 is 23.4 Å². The van der Waals surface area contributed by atoms with Crippen LogP contribution >= 0.6 is 0 Å². The third-order valence-corrected chi connectivity index (χ3v) is 2.25. The molecule has 0 saturated carbocycles. The number of morpholine rings is 1. The highest BCUT2D eigenvalue weighted by Crippen LogP contribution is 2.22. The molecule has 0 aromatic rings. The van der Waals surface area contributed by atoms with Gasteiger partial charge in [-0.15, -0.1) is 0 Å². The number of amides is 1. The summed E-state index contributed by atoms with van der Waals surface area (Å²) in [5, 5.41) is 0. The van der Waals surface area contributed by atoms with Gasteiger partial charge in [0.1, 0.15) is 11.7 Å². The number of nitrogens with zero attached hydrogens (tertiary/aromatic N) is 1. The van der Waals surface area contributed by atoms with E-state index in [1.165, 1.54) is 4.90 Å². The first-order valence-electron chi connectivity index (χ1n) is 5.74. The summed E-state index contributed by atoms with van der Waals surface area (Å²) in [6.45, 7) is 9.81. The van der Waals surface area contributed by atoms with Gasteiger partial charge in [0.05, 0.1) is 18.7 Å². The van der Waals surface area contributed by atoms with Crippen molar-refractivity contribution in [1.82, 2.24) is 4.90 Å². The van der Waals surface area contributed by atoms with Gasteiger partial charge in [0.15, 0.2) is 6.29 Å². The number of carbonyl (C=O) groups excluding carboxylic acids is 2. The van der Waals surface area contributed by atoms with Crippen molar-refractivity contribution in [2.24, 2.45) is 0 Å². The summed E-state index contributed by atoms with van der Waals surface area (Å²) in [6.07, 6.45) is -0.259. The van der Waals surface area contributed by atoms with E-state index >= 15 is 0 Å². The summed E-state index contributed by atoms with van der Waals surface area (Å²) in [4.78, 5) is 24.2. The minimum Gasteiger partial charge on any atom is -0.444 e. The summed E-state index contributed by atoms with van der Waals surface area (Å²) in [6, 6.07) is 0. The van der Waals surface area contributed by atoms with Crippen LogP contribution in [0.5, 0.6) is 0 Å². The Bertz CT molecular complexity index is 306. The van der Waals surface area contributed by atoms with E-state index in [0.29, 0.717) is 6.54 Å². The van der Waals surface area contributed by atoms with Gasteiger partial charge in [0.25, 0.3) is 0 Å². The van der Waals surface area contributed by atoms with Crippen molar-refractivity contribution in [2.45, 2.75) is 51.9 Å². The molecule has 1 saturated heterocycles. The second-order valence-corrected chi connectivity index (χ2v) is 5.91. The zero-order chi connectivity index (χ0) is 13.3. The zero-order valence-corrected chi connectivity index (χ0v) is 11.1. The lowest BCUT2D eigenvalue weighted by molar-refractivity contribution is -0.149. The van der Waals surface area contributed by atoms with Gasteiger partial charge in [-0.05, 0) is 34.6 Å². The normalized spacial score (nSPS) is 24.3. The molecular weight excluding hydrogens is 222 g/mol. The summed E-state index contributed by atoms with van der Waals surface area (Å²) < 4.78 is 10.8. The Hall–Kier alpha value is -1.10. The first-order valence-corrected chi connectivity index (χ1v) is 5.74. The van der Waals surface area contributed by atoms with Crippen LogP contribution in [0, 0.1) is 0 Å². The van der Waals surface area contributed by atoms with Crippen molar-refractivity contribution in [3.63, 3.8) is 0 Å². The molecular formula is C12H21NO4. The number of aldehydes is 1. The number of ether oxygens (including phenoxy) is 2. The molecule has 1 fully saturated rings. The van der Waals surface area contributed by atoms with Crippen LogP contribution in [0.15, 0.2) is 0 Å². The van der Waals surface area contributed by atoms with Crippen molar-refractivity contribution >= 4 is 12.4 Å². The molecule has 0 aromatic carbocycles. The van der Waals surface area contributed by atoms with Gasteiger partial charge >= 0.3 is 6.09 Å². The van der Waals surface area contributed by atoms with E-state index in [1.54, 1.807) is 0 Å². The summed E-state index contributed by atoms with van der Waals surface area (Å²) in [7, 11) is 0. The first kappa shape index (κ1) is 14.0. The van der Waals surface area contributed by atoms with Crippen molar-refractivity contribution in [3.05, 3.63) is 0 Å². The monoisotopic (exact) mass is 243 g/mol. The van der Waals surface area contributed by atoms with Crippen LogP contribution in [0.2, 0.25) is 0 Å². The van der Waals surface area contributed by atoms with E-state index in [4.69, 9.17) is 9.47 Å². The lowest BCUT2D eigenvalue weighted by Gasteiger charge is -2.41. The molecule has 1 rings (SSSR count). The number of rotatable bonds is 1. The van der Waals surface area contributed by atoms with Crippen molar-refractivity contribution < 1.29 is 19.1 Å². The molecule has 0 bridgehead atoms. The predicted octanol–water partition coefficient (Wildman–Crippen LogP) is 1.60. The van der Waals surface area contributed by atoms with Crippen molar-refractivity contribution in [2.75, 3.05) is 13.1 Å². The fourth-order valence-corrected chi connectivity index (χ4v) is 1.76. The van der Waals surface area contributed by atoms with Crippen LogP contribution < -0.4 is 0 Å². The smallest absolute Gasteiger partial charge is 0.410 e.